The van der Waals surface area contributed by atoms with Crippen molar-refractivity contribution in [2.45, 2.75) is 117 Å². The lowest BCUT2D eigenvalue weighted by atomic mass is 10.4. The van der Waals surface area contributed by atoms with E-state index in [0.29, 0.717) is 43.0 Å². The molecule has 9 atom stereocenters. The lowest BCUT2D eigenvalue weighted by molar-refractivity contribution is -0.0620. The SMILES string of the molecule is CC(O)COC(C)COC(C)CO.CC(O)COC(C)COC(C)CO.CC(O)COC(C)COC(C)CO.O=P(O)(O)OC=C(Br)Br. The van der Waals surface area contributed by atoms with E-state index in [1.165, 1.54) is 0 Å². The monoisotopic (exact) mass is 856 g/mol. The van der Waals surface area contributed by atoms with Crippen LogP contribution in [0, 0.1) is 0 Å². The molecule has 0 aromatic carbocycles. The predicted molar refractivity (Wildman–Crippen MR) is 188 cm³/mol. The molecule has 0 rings (SSSR count). The van der Waals surface area contributed by atoms with Crippen molar-refractivity contribution in [2.24, 2.45) is 0 Å². The first kappa shape index (κ1) is 54.9. The van der Waals surface area contributed by atoms with Gasteiger partial charge in [0.25, 0.3) is 0 Å². The number of phosphoric ester groups is 1. The molecule has 0 radical (unpaired) electrons. The van der Waals surface area contributed by atoms with Crippen molar-refractivity contribution in [2.75, 3.05) is 59.5 Å². The van der Waals surface area contributed by atoms with E-state index >= 15 is 0 Å². The fourth-order valence-corrected chi connectivity index (χ4v) is 2.94. The maximum atomic E-state index is 9.92. The van der Waals surface area contributed by atoms with Crippen LogP contribution in [0.5, 0.6) is 0 Å². The van der Waals surface area contributed by atoms with Crippen molar-refractivity contribution in [1.82, 2.24) is 0 Å². The Bertz CT molecular complexity index is 690. The predicted octanol–water partition coefficient (Wildman–Crippen LogP) is 2.19. The van der Waals surface area contributed by atoms with E-state index in [0.717, 1.165) is 6.26 Å². The molecule has 294 valence electrons. The molecule has 0 aliphatic carbocycles. The maximum absolute atomic E-state index is 9.92. The van der Waals surface area contributed by atoms with Crippen molar-refractivity contribution >= 4 is 39.7 Å². The molecule has 0 spiro atoms. The smallest absolute Gasteiger partial charge is 0.410 e. The minimum Gasteiger partial charge on any atom is -0.410 e. The van der Waals surface area contributed by atoms with Crippen molar-refractivity contribution in [3.63, 3.8) is 0 Å². The van der Waals surface area contributed by atoms with Crippen LogP contribution in [-0.2, 0) is 37.5 Å². The molecule has 0 amide bonds. The Labute approximate surface area is 303 Å². The molecule has 8 N–H and O–H groups in total. The van der Waals surface area contributed by atoms with Crippen LogP contribution in [0.3, 0.4) is 0 Å². The fraction of sp³-hybridized carbons (Fsp3) is 0.931. The molecule has 0 aliphatic heterocycles. The Balaban J connectivity index is -0.000000271. The summed E-state index contributed by atoms with van der Waals surface area (Å²) in [5.41, 5.74) is 0. The summed E-state index contributed by atoms with van der Waals surface area (Å²) in [6.07, 6.45) is -1.10. The number of ether oxygens (including phenoxy) is 6. The first-order valence-corrected chi connectivity index (χ1v) is 18.5. The summed E-state index contributed by atoms with van der Waals surface area (Å²) in [6, 6.07) is 0. The normalized spacial score (nSPS) is 16.8. The molecule has 16 nitrogen and oxygen atoms in total. The third-order valence-corrected chi connectivity index (χ3v) is 5.52. The van der Waals surface area contributed by atoms with E-state index in [4.69, 9.17) is 68.8 Å². The summed E-state index contributed by atoms with van der Waals surface area (Å²) in [5.74, 6) is 0. The highest BCUT2D eigenvalue weighted by atomic mass is 79.9. The molecule has 0 fully saturated rings. The second-order valence-electron chi connectivity index (χ2n) is 11.0. The van der Waals surface area contributed by atoms with Crippen LogP contribution >= 0.6 is 39.7 Å². The van der Waals surface area contributed by atoms with Crippen LogP contribution < -0.4 is 0 Å². The summed E-state index contributed by atoms with van der Waals surface area (Å²) < 4.78 is 45.6. The van der Waals surface area contributed by atoms with Gasteiger partial charge in [-0.25, -0.2) is 4.57 Å². The molecule has 9 unspecified atom stereocenters. The number of rotatable bonds is 23. The quantitative estimate of drug-likeness (QED) is 0.0543. The van der Waals surface area contributed by atoms with E-state index in [9.17, 15) is 4.57 Å². The molecule has 0 heterocycles. The molecular formula is C29H63Br2O16P. The summed E-state index contributed by atoms with van der Waals surface area (Å²) in [7, 11) is -4.36. The van der Waals surface area contributed by atoms with Crippen molar-refractivity contribution < 1.29 is 77.9 Å². The van der Waals surface area contributed by atoms with Crippen LogP contribution in [0.25, 0.3) is 0 Å². The fourth-order valence-electron chi connectivity index (χ4n) is 2.22. The van der Waals surface area contributed by atoms with E-state index in [1.54, 1.807) is 41.5 Å². The molecule has 0 aromatic heterocycles. The van der Waals surface area contributed by atoms with Crippen LogP contribution in [-0.4, -0.2) is 155 Å². The van der Waals surface area contributed by atoms with Gasteiger partial charge in [-0.15, -0.1) is 0 Å². The highest BCUT2D eigenvalue weighted by Gasteiger charge is 2.12. The summed E-state index contributed by atoms with van der Waals surface area (Å²) in [6.45, 7) is 18.3. The molecule has 0 aromatic rings. The van der Waals surface area contributed by atoms with E-state index in [-0.39, 0.29) is 56.4 Å². The lowest BCUT2D eigenvalue weighted by Gasteiger charge is -2.16. The Morgan fingerprint density at radius 3 is 0.896 bits per heavy atom. The van der Waals surface area contributed by atoms with Crippen LogP contribution in [0.15, 0.2) is 9.65 Å². The first-order valence-electron chi connectivity index (χ1n) is 15.4. The topological polar surface area (TPSA) is 244 Å². The minimum absolute atomic E-state index is 0.0170. The second-order valence-corrected chi connectivity index (χ2v) is 14.9. The third kappa shape index (κ3) is 53.0. The van der Waals surface area contributed by atoms with Crippen molar-refractivity contribution in [3.8, 4) is 0 Å². The van der Waals surface area contributed by atoms with Gasteiger partial charge in [0.2, 0.25) is 0 Å². The standard InChI is InChI=1S/3C9H20O4.C2H3Br2O4P/c3*1-7(11)5-12-9(3)6-13-8(2)4-10;3-2(4)1-8-9(5,6)7/h3*7-11H,4-6H2,1-3H3;1H,(H2,5,6,7). The van der Waals surface area contributed by atoms with Gasteiger partial charge < -0.3 is 63.6 Å². The second kappa shape index (κ2) is 35.6. The zero-order chi connectivity index (χ0) is 38.3. The van der Waals surface area contributed by atoms with E-state index in [2.05, 4.69) is 36.4 Å². The number of hydrogen-bond donors (Lipinski definition) is 8. The summed E-state index contributed by atoms with van der Waals surface area (Å²) in [4.78, 5) is 16.1. The molecule has 0 aliphatic rings. The van der Waals surface area contributed by atoms with Crippen LogP contribution in [0.4, 0.5) is 0 Å². The maximum Gasteiger partial charge on any atom is 0.524 e. The number of halogens is 2. The molecule has 0 saturated heterocycles. The highest BCUT2D eigenvalue weighted by molar-refractivity contribution is 9.28. The Morgan fingerprint density at radius 2 is 0.750 bits per heavy atom. The number of aliphatic hydroxyl groups is 6. The Morgan fingerprint density at radius 1 is 0.521 bits per heavy atom. The highest BCUT2D eigenvalue weighted by Crippen LogP contribution is 2.37. The van der Waals surface area contributed by atoms with Gasteiger partial charge in [-0.3, -0.25) is 9.79 Å². The average Bonchev–Trinajstić information content (AvgIpc) is 3.01. The first-order chi connectivity index (χ1) is 22.1. The Kier molecular flexibility index (Phi) is 40.7. The molecule has 19 heteroatoms. The zero-order valence-electron chi connectivity index (χ0n) is 29.7. The van der Waals surface area contributed by atoms with Gasteiger partial charge >= 0.3 is 7.82 Å². The van der Waals surface area contributed by atoms with Crippen molar-refractivity contribution in [1.29, 1.82) is 0 Å². The lowest BCUT2D eigenvalue weighted by Crippen LogP contribution is -2.24. The van der Waals surface area contributed by atoms with Gasteiger partial charge in [0.15, 0.2) is 0 Å². The van der Waals surface area contributed by atoms with Gasteiger partial charge in [-0.2, -0.15) is 0 Å². The molecule has 0 saturated carbocycles. The van der Waals surface area contributed by atoms with E-state index < -0.39 is 26.1 Å². The Hall–Kier alpha value is 0.170. The minimum atomic E-state index is -4.36. The summed E-state index contributed by atoms with van der Waals surface area (Å²) in [5, 5.41) is 52.7. The largest absolute Gasteiger partial charge is 0.524 e. The van der Waals surface area contributed by atoms with Gasteiger partial charge in [0, 0.05) is 0 Å². The van der Waals surface area contributed by atoms with Crippen LogP contribution in [0.2, 0.25) is 0 Å². The van der Waals surface area contributed by atoms with Crippen molar-refractivity contribution in [3.05, 3.63) is 9.65 Å². The van der Waals surface area contributed by atoms with Gasteiger partial charge in [-0.1, -0.05) is 0 Å². The molecule has 48 heavy (non-hydrogen) atoms. The molecule has 0 bridgehead atoms. The average molecular weight is 859 g/mol. The summed E-state index contributed by atoms with van der Waals surface area (Å²) >= 11 is 5.67. The molecular weight excluding hydrogens is 795 g/mol. The number of hydrogen-bond acceptors (Lipinski definition) is 14. The number of aliphatic hydroxyl groups excluding tert-OH is 6. The van der Waals surface area contributed by atoms with Crippen LogP contribution in [0.1, 0.15) is 62.3 Å². The zero-order valence-corrected chi connectivity index (χ0v) is 33.8. The van der Waals surface area contributed by atoms with Gasteiger partial charge in [0.05, 0.1) is 118 Å². The van der Waals surface area contributed by atoms with Gasteiger partial charge in [0.1, 0.15) is 6.26 Å². The number of phosphoric acid groups is 1. The van der Waals surface area contributed by atoms with Gasteiger partial charge in [-0.05, 0) is 94.2 Å². The van der Waals surface area contributed by atoms with E-state index in [1.807, 2.05) is 20.8 Å². The third-order valence-electron chi connectivity index (χ3n) is 4.76.